The van der Waals surface area contributed by atoms with Crippen molar-refractivity contribution in [2.24, 2.45) is 11.3 Å². The molecule has 3 nitrogen and oxygen atoms in total. The van der Waals surface area contributed by atoms with Gasteiger partial charge in [0.15, 0.2) is 0 Å². The molecule has 0 N–H and O–H groups in total. The van der Waals surface area contributed by atoms with Crippen LogP contribution in [0.15, 0.2) is 11.6 Å². The van der Waals surface area contributed by atoms with Gasteiger partial charge >= 0.3 is 0 Å². The van der Waals surface area contributed by atoms with Gasteiger partial charge in [0.1, 0.15) is 17.1 Å². The number of epoxide rings is 1. The molecule has 4 heteroatoms. The molecule has 0 aromatic carbocycles. The van der Waals surface area contributed by atoms with Gasteiger partial charge in [-0.05, 0) is 62.5 Å². The van der Waals surface area contributed by atoms with E-state index in [1.54, 1.807) is 0 Å². The topological polar surface area (TPSA) is 44.8 Å². The smallest absolute Gasteiger partial charge is 0.142 e. The third-order valence-corrected chi connectivity index (χ3v) is 9.49. The van der Waals surface area contributed by atoms with Gasteiger partial charge in [-0.1, -0.05) is 70.9 Å². The zero-order chi connectivity index (χ0) is 22.9. The Bertz CT molecular complexity index is 537. The summed E-state index contributed by atoms with van der Waals surface area (Å²) >= 11 is -0.813. The van der Waals surface area contributed by atoms with E-state index < -0.39 is 11.2 Å². The zero-order valence-corrected chi connectivity index (χ0v) is 22.2. The molecule has 1 aliphatic carbocycles. The maximum Gasteiger partial charge on any atom is 0.142 e. The summed E-state index contributed by atoms with van der Waals surface area (Å²) in [5, 5.41) is 0.150. The molecule has 1 saturated carbocycles. The fourth-order valence-corrected chi connectivity index (χ4v) is 7.52. The molecule has 1 spiro atoms. The molecule has 1 unspecified atom stereocenters. The van der Waals surface area contributed by atoms with Gasteiger partial charge in [-0.15, -0.1) is 0 Å². The average molecular weight is 455 g/mol. The highest BCUT2D eigenvalue weighted by Gasteiger charge is 2.64. The van der Waals surface area contributed by atoms with Crippen LogP contribution in [0.25, 0.3) is 0 Å². The average Bonchev–Trinajstić information content (AvgIpc) is 3.48. The van der Waals surface area contributed by atoms with E-state index >= 15 is 0 Å². The van der Waals surface area contributed by atoms with Gasteiger partial charge in [-0.2, -0.15) is 0 Å². The largest absolute Gasteiger partial charge is 0.616 e. The van der Waals surface area contributed by atoms with E-state index in [0.717, 1.165) is 44.5 Å². The lowest BCUT2D eigenvalue weighted by Gasteiger charge is -2.48. The van der Waals surface area contributed by atoms with E-state index in [-0.39, 0.29) is 22.4 Å². The van der Waals surface area contributed by atoms with Crippen LogP contribution in [-0.4, -0.2) is 41.0 Å². The normalized spacial score (nSPS) is 29.2. The lowest BCUT2D eigenvalue weighted by molar-refractivity contribution is -0.0696. The molecule has 31 heavy (non-hydrogen) atoms. The minimum atomic E-state index is -0.813. The highest BCUT2D eigenvalue weighted by atomic mass is 32.2. The fourth-order valence-electron chi connectivity index (χ4n) is 5.78. The Morgan fingerprint density at radius 2 is 1.74 bits per heavy atom. The summed E-state index contributed by atoms with van der Waals surface area (Å²) in [4.78, 5) is 0. The van der Waals surface area contributed by atoms with Crippen LogP contribution < -0.4 is 0 Å². The molecule has 1 aliphatic heterocycles. The van der Waals surface area contributed by atoms with Gasteiger partial charge in [-0.3, -0.25) is 0 Å². The Morgan fingerprint density at radius 1 is 1.13 bits per heavy atom. The Balaban J connectivity index is 1.90. The molecule has 0 aromatic rings. The van der Waals surface area contributed by atoms with Crippen molar-refractivity contribution in [2.45, 2.75) is 129 Å². The van der Waals surface area contributed by atoms with Crippen molar-refractivity contribution < 1.29 is 14.0 Å². The fraction of sp³-hybridized carbons (Fsp3) is 0.926. The van der Waals surface area contributed by atoms with E-state index in [1.807, 2.05) is 7.11 Å². The first-order chi connectivity index (χ1) is 14.8. The summed E-state index contributed by atoms with van der Waals surface area (Å²) in [6.07, 6.45) is 16.9. The van der Waals surface area contributed by atoms with Gasteiger partial charge in [0.05, 0.1) is 12.2 Å². The summed E-state index contributed by atoms with van der Waals surface area (Å²) in [7, 11) is 1.83. The quantitative estimate of drug-likeness (QED) is 0.114. The first-order valence-corrected chi connectivity index (χ1v) is 14.3. The maximum atomic E-state index is 13.3. The number of ether oxygens (including phenoxy) is 2. The van der Waals surface area contributed by atoms with Gasteiger partial charge in [0.2, 0.25) is 0 Å². The molecule has 0 radical (unpaired) electrons. The molecule has 1 heterocycles. The van der Waals surface area contributed by atoms with Crippen molar-refractivity contribution in [1.29, 1.82) is 0 Å². The second-order valence-corrected chi connectivity index (χ2v) is 12.8. The molecule has 182 valence electrons. The van der Waals surface area contributed by atoms with Crippen LogP contribution in [0.2, 0.25) is 0 Å². The van der Waals surface area contributed by atoms with Crippen LogP contribution in [0.3, 0.4) is 0 Å². The summed E-state index contributed by atoms with van der Waals surface area (Å²) in [6.45, 7) is 12.2. The van der Waals surface area contributed by atoms with Crippen LogP contribution in [0.1, 0.15) is 112 Å². The number of hydrogen-bond acceptors (Lipinski definition) is 3. The lowest BCUT2D eigenvalue weighted by atomic mass is 9.62. The van der Waals surface area contributed by atoms with E-state index in [4.69, 9.17) is 9.47 Å². The van der Waals surface area contributed by atoms with Gasteiger partial charge in [0.25, 0.3) is 0 Å². The van der Waals surface area contributed by atoms with Crippen molar-refractivity contribution in [1.82, 2.24) is 0 Å². The van der Waals surface area contributed by atoms with Gasteiger partial charge in [-0.25, -0.2) is 0 Å². The van der Waals surface area contributed by atoms with Crippen LogP contribution in [0.4, 0.5) is 0 Å². The molecule has 0 aromatic heterocycles. The molecule has 1 saturated heterocycles. The molecule has 2 fully saturated rings. The van der Waals surface area contributed by atoms with Crippen molar-refractivity contribution in [2.75, 3.05) is 19.5 Å². The Hall–Kier alpha value is -0.0300. The number of methoxy groups -OCH3 is 1. The molecular weight excluding hydrogens is 404 g/mol. The van der Waals surface area contributed by atoms with Crippen LogP contribution in [0, 0.1) is 11.3 Å². The van der Waals surface area contributed by atoms with Crippen LogP contribution >= 0.6 is 0 Å². The predicted molar refractivity (Wildman–Crippen MR) is 134 cm³/mol. The van der Waals surface area contributed by atoms with Crippen molar-refractivity contribution in [3.05, 3.63) is 11.6 Å². The number of rotatable bonds is 15. The second-order valence-electron chi connectivity index (χ2n) is 11.0. The highest BCUT2D eigenvalue weighted by molar-refractivity contribution is 7.92. The highest BCUT2D eigenvalue weighted by Crippen LogP contribution is 2.56. The number of hydrogen-bond donors (Lipinski definition) is 0. The Labute approximate surface area is 196 Å². The van der Waals surface area contributed by atoms with Crippen LogP contribution in [-0.2, 0) is 20.6 Å². The van der Waals surface area contributed by atoms with Crippen molar-refractivity contribution in [3.8, 4) is 0 Å². The van der Waals surface area contributed by atoms with E-state index in [2.05, 4.69) is 40.7 Å². The first-order valence-electron chi connectivity index (χ1n) is 12.9. The Morgan fingerprint density at radius 3 is 2.29 bits per heavy atom. The van der Waals surface area contributed by atoms with Gasteiger partial charge < -0.3 is 14.0 Å². The van der Waals surface area contributed by atoms with Crippen molar-refractivity contribution >= 4 is 11.2 Å². The third kappa shape index (κ3) is 8.05. The molecule has 2 aliphatic rings. The van der Waals surface area contributed by atoms with E-state index in [0.29, 0.717) is 5.92 Å². The molecule has 0 amide bonds. The third-order valence-electron chi connectivity index (χ3n) is 7.62. The number of unbranched alkanes of at least 4 members (excludes halogenated alkanes) is 7. The first kappa shape index (κ1) is 27.2. The SMILES string of the molecule is CCCCCCCCCC[S+]([O-])[C@@H]1CC[C@]2(CO2)[C@@H](C(C)(C)CCC=C(C)C)[C@@H]1OC. The summed E-state index contributed by atoms with van der Waals surface area (Å²) < 4.78 is 25.5. The molecule has 2 rings (SSSR count). The summed E-state index contributed by atoms with van der Waals surface area (Å²) in [6, 6.07) is 0. The summed E-state index contributed by atoms with van der Waals surface area (Å²) in [5.41, 5.74) is 1.45. The standard InChI is InChI=1S/C27H50O3S/c1-7-8-9-10-11-12-13-14-20-31(28)23-17-19-27(21-30-27)25(24(23)29-6)26(4,5)18-15-16-22(2)3/h16,23-25H,7-15,17-21H2,1-6H3/t23-,24-,25-,27+,31?/m1/s1. The monoisotopic (exact) mass is 454 g/mol. The Kier molecular flexibility index (Phi) is 11.4. The molecule has 0 bridgehead atoms. The van der Waals surface area contributed by atoms with E-state index in [1.165, 1.54) is 50.5 Å². The maximum absolute atomic E-state index is 13.3. The molecular formula is C27H50O3S. The van der Waals surface area contributed by atoms with Crippen LogP contribution in [0.5, 0.6) is 0 Å². The molecule has 5 atom stereocenters. The lowest BCUT2D eigenvalue weighted by Crippen LogP contribution is -2.56. The summed E-state index contributed by atoms with van der Waals surface area (Å²) in [5.74, 6) is 1.15. The minimum Gasteiger partial charge on any atom is -0.616 e. The predicted octanol–water partition coefficient (Wildman–Crippen LogP) is 7.21. The zero-order valence-electron chi connectivity index (χ0n) is 21.3. The van der Waals surface area contributed by atoms with Gasteiger partial charge in [0, 0.05) is 19.4 Å². The number of allylic oxidation sites excluding steroid dienone is 2. The van der Waals surface area contributed by atoms with E-state index in [9.17, 15) is 4.55 Å². The second kappa shape index (κ2) is 13.0. The minimum absolute atomic E-state index is 0.0334. The van der Waals surface area contributed by atoms with Crippen molar-refractivity contribution in [3.63, 3.8) is 0 Å².